The average molecular weight is 139 g/mol. The number of carbonyl (C=O) groups excluding carboxylic acids is 1. The zero-order chi connectivity index (χ0) is 7.82. The van der Waals surface area contributed by atoms with E-state index in [2.05, 4.69) is 4.99 Å². The van der Waals surface area contributed by atoms with E-state index < -0.39 is 0 Å². The first-order valence-corrected chi connectivity index (χ1v) is 3.58. The summed E-state index contributed by atoms with van der Waals surface area (Å²) in [7, 11) is 0. The van der Waals surface area contributed by atoms with Gasteiger partial charge in [0.1, 0.15) is 0 Å². The highest BCUT2D eigenvalue weighted by Gasteiger charge is 1.94. The molecule has 0 aliphatic heterocycles. The SMILES string of the molecule is CCC=CC(CC)N=C=O. The standard InChI is InChI=1S/C8H13NO/c1-3-5-6-8(4-2)9-7-10/h5-6,8H,3-4H2,1-2H3. The fourth-order valence-electron chi connectivity index (χ4n) is 0.631. The molecule has 2 nitrogen and oxygen atoms in total. The molecule has 0 heterocycles. The Hall–Kier alpha value is -0.880. The molecule has 0 saturated heterocycles. The third kappa shape index (κ3) is 4.04. The van der Waals surface area contributed by atoms with Gasteiger partial charge in [0.25, 0.3) is 0 Å². The normalized spacial score (nSPS) is 13.0. The number of hydrogen-bond acceptors (Lipinski definition) is 2. The van der Waals surface area contributed by atoms with Gasteiger partial charge in [0, 0.05) is 0 Å². The zero-order valence-electron chi connectivity index (χ0n) is 6.50. The van der Waals surface area contributed by atoms with Crippen LogP contribution in [0.2, 0.25) is 0 Å². The van der Waals surface area contributed by atoms with Gasteiger partial charge in [-0.15, -0.1) is 0 Å². The van der Waals surface area contributed by atoms with E-state index in [0.29, 0.717) is 0 Å². The minimum Gasteiger partial charge on any atom is -0.211 e. The Morgan fingerprint density at radius 1 is 1.60 bits per heavy atom. The lowest BCUT2D eigenvalue weighted by Gasteiger charge is -1.97. The quantitative estimate of drug-likeness (QED) is 0.333. The van der Waals surface area contributed by atoms with Crippen molar-refractivity contribution in [1.82, 2.24) is 0 Å². The lowest BCUT2D eigenvalue weighted by molar-refractivity contribution is 0.559. The van der Waals surface area contributed by atoms with Crippen molar-refractivity contribution in [2.75, 3.05) is 0 Å². The summed E-state index contributed by atoms with van der Waals surface area (Å²) in [6.07, 6.45) is 7.35. The van der Waals surface area contributed by atoms with Crippen molar-refractivity contribution in [2.24, 2.45) is 4.99 Å². The van der Waals surface area contributed by atoms with Gasteiger partial charge in [-0.25, -0.2) is 4.79 Å². The van der Waals surface area contributed by atoms with Crippen molar-refractivity contribution in [3.05, 3.63) is 12.2 Å². The van der Waals surface area contributed by atoms with E-state index >= 15 is 0 Å². The van der Waals surface area contributed by atoms with Gasteiger partial charge in [-0.05, 0) is 12.8 Å². The first kappa shape index (κ1) is 9.12. The third-order valence-electron chi connectivity index (χ3n) is 1.23. The molecule has 2 heteroatoms. The summed E-state index contributed by atoms with van der Waals surface area (Å²) in [5.41, 5.74) is 0. The number of rotatable bonds is 4. The van der Waals surface area contributed by atoms with E-state index in [1.54, 1.807) is 6.08 Å². The number of hydrogen-bond donors (Lipinski definition) is 0. The highest BCUT2D eigenvalue weighted by atomic mass is 16.1. The van der Waals surface area contributed by atoms with Crippen LogP contribution in [-0.2, 0) is 4.79 Å². The molecular weight excluding hydrogens is 126 g/mol. The van der Waals surface area contributed by atoms with Gasteiger partial charge in [0.05, 0.1) is 6.04 Å². The molecule has 0 aromatic heterocycles. The molecule has 0 N–H and O–H groups in total. The minimum atomic E-state index is 0.0393. The Morgan fingerprint density at radius 2 is 2.30 bits per heavy atom. The topological polar surface area (TPSA) is 29.4 Å². The van der Waals surface area contributed by atoms with Gasteiger partial charge in [0.2, 0.25) is 6.08 Å². The third-order valence-corrected chi connectivity index (χ3v) is 1.23. The molecule has 56 valence electrons. The lowest BCUT2D eigenvalue weighted by Crippen LogP contribution is -1.95. The molecule has 0 saturated carbocycles. The molecule has 0 aromatic carbocycles. The molecule has 1 atom stereocenters. The Kier molecular flexibility index (Phi) is 5.69. The molecule has 0 fully saturated rings. The van der Waals surface area contributed by atoms with Crippen LogP contribution in [0.5, 0.6) is 0 Å². The maximum atomic E-state index is 9.81. The highest BCUT2D eigenvalue weighted by Crippen LogP contribution is 1.98. The van der Waals surface area contributed by atoms with Crippen molar-refractivity contribution < 1.29 is 4.79 Å². The van der Waals surface area contributed by atoms with Crippen molar-refractivity contribution in [2.45, 2.75) is 32.7 Å². The fraction of sp³-hybridized carbons (Fsp3) is 0.625. The van der Waals surface area contributed by atoms with E-state index in [1.807, 2.05) is 26.0 Å². The van der Waals surface area contributed by atoms with E-state index in [0.717, 1.165) is 12.8 Å². The van der Waals surface area contributed by atoms with Crippen LogP contribution in [0, 0.1) is 0 Å². The molecule has 0 radical (unpaired) electrons. The summed E-state index contributed by atoms with van der Waals surface area (Å²) in [5, 5.41) is 0. The second-order valence-corrected chi connectivity index (χ2v) is 2.03. The molecule has 1 unspecified atom stereocenters. The predicted octanol–water partition coefficient (Wildman–Crippen LogP) is 2.07. The van der Waals surface area contributed by atoms with Crippen LogP contribution >= 0.6 is 0 Å². The molecule has 0 aliphatic carbocycles. The average Bonchev–Trinajstić information content (AvgIpc) is 1.98. The fourth-order valence-corrected chi connectivity index (χ4v) is 0.631. The molecule has 0 rings (SSSR count). The summed E-state index contributed by atoms with van der Waals surface area (Å²) >= 11 is 0. The van der Waals surface area contributed by atoms with Crippen molar-refractivity contribution in [1.29, 1.82) is 0 Å². The monoisotopic (exact) mass is 139 g/mol. The second kappa shape index (κ2) is 6.24. The van der Waals surface area contributed by atoms with Crippen LogP contribution in [0.25, 0.3) is 0 Å². The van der Waals surface area contributed by atoms with Crippen LogP contribution < -0.4 is 0 Å². The van der Waals surface area contributed by atoms with Crippen LogP contribution in [0.15, 0.2) is 17.1 Å². The Morgan fingerprint density at radius 3 is 2.70 bits per heavy atom. The van der Waals surface area contributed by atoms with Gasteiger partial charge in [0.15, 0.2) is 0 Å². The maximum absolute atomic E-state index is 9.81. The lowest BCUT2D eigenvalue weighted by atomic mass is 10.2. The first-order chi connectivity index (χ1) is 4.85. The molecule has 10 heavy (non-hydrogen) atoms. The predicted molar refractivity (Wildman–Crippen MR) is 41.6 cm³/mol. The Balaban J connectivity index is 3.82. The van der Waals surface area contributed by atoms with E-state index in [4.69, 9.17) is 0 Å². The number of nitrogens with zero attached hydrogens (tertiary/aromatic N) is 1. The zero-order valence-corrected chi connectivity index (χ0v) is 6.50. The number of allylic oxidation sites excluding steroid dienone is 1. The van der Waals surface area contributed by atoms with Crippen LogP contribution in [0.4, 0.5) is 0 Å². The minimum absolute atomic E-state index is 0.0393. The van der Waals surface area contributed by atoms with Gasteiger partial charge < -0.3 is 0 Å². The Labute approximate surface area is 61.7 Å². The highest BCUT2D eigenvalue weighted by molar-refractivity contribution is 5.34. The Bertz CT molecular complexity index is 145. The van der Waals surface area contributed by atoms with Crippen LogP contribution in [0.3, 0.4) is 0 Å². The summed E-state index contributed by atoms with van der Waals surface area (Å²) in [5.74, 6) is 0. The molecule has 0 bridgehead atoms. The smallest absolute Gasteiger partial charge is 0.211 e. The van der Waals surface area contributed by atoms with Crippen molar-refractivity contribution >= 4 is 6.08 Å². The maximum Gasteiger partial charge on any atom is 0.235 e. The van der Waals surface area contributed by atoms with Gasteiger partial charge in [-0.1, -0.05) is 26.0 Å². The van der Waals surface area contributed by atoms with Crippen LogP contribution in [0.1, 0.15) is 26.7 Å². The van der Waals surface area contributed by atoms with Crippen LogP contribution in [-0.4, -0.2) is 12.1 Å². The van der Waals surface area contributed by atoms with Crippen molar-refractivity contribution in [3.8, 4) is 0 Å². The first-order valence-electron chi connectivity index (χ1n) is 3.58. The summed E-state index contributed by atoms with van der Waals surface area (Å²) in [6, 6.07) is 0.0393. The molecule has 0 aromatic rings. The number of aliphatic imine (C=N–C) groups is 1. The second-order valence-electron chi connectivity index (χ2n) is 2.03. The van der Waals surface area contributed by atoms with Crippen molar-refractivity contribution in [3.63, 3.8) is 0 Å². The molecular formula is C8H13NO. The summed E-state index contributed by atoms with van der Waals surface area (Å²) < 4.78 is 0. The van der Waals surface area contributed by atoms with E-state index in [1.165, 1.54) is 0 Å². The summed E-state index contributed by atoms with van der Waals surface area (Å²) in [6.45, 7) is 4.04. The largest absolute Gasteiger partial charge is 0.235 e. The van der Waals surface area contributed by atoms with Gasteiger partial charge in [-0.3, -0.25) is 0 Å². The number of isocyanates is 1. The van der Waals surface area contributed by atoms with Gasteiger partial charge in [-0.2, -0.15) is 4.99 Å². The molecule has 0 amide bonds. The van der Waals surface area contributed by atoms with Gasteiger partial charge >= 0.3 is 0 Å². The van der Waals surface area contributed by atoms with E-state index in [-0.39, 0.29) is 6.04 Å². The molecule has 0 aliphatic rings. The summed E-state index contributed by atoms with van der Waals surface area (Å²) in [4.78, 5) is 13.4. The molecule has 0 spiro atoms. The van der Waals surface area contributed by atoms with E-state index in [9.17, 15) is 4.79 Å².